The topological polar surface area (TPSA) is 92.8 Å². The maximum absolute atomic E-state index is 12.8. The van der Waals surface area contributed by atoms with Crippen LogP contribution in [-0.2, 0) is 26.0 Å². The van der Waals surface area contributed by atoms with E-state index in [4.69, 9.17) is 4.74 Å². The Labute approximate surface area is 183 Å². The smallest absolute Gasteiger partial charge is 0.338 e. The van der Waals surface area contributed by atoms with Gasteiger partial charge in [0.25, 0.3) is 5.91 Å². The largest absolute Gasteiger partial charge is 0.452 e. The molecule has 3 rings (SSSR count). The molecule has 31 heavy (non-hydrogen) atoms. The van der Waals surface area contributed by atoms with Crippen molar-refractivity contribution < 1.29 is 22.7 Å². The van der Waals surface area contributed by atoms with Crippen LogP contribution in [0.2, 0.25) is 0 Å². The molecule has 1 saturated heterocycles. The van der Waals surface area contributed by atoms with E-state index in [0.717, 1.165) is 31.2 Å². The molecule has 1 amide bonds. The molecule has 0 aromatic heterocycles. The first-order valence-corrected chi connectivity index (χ1v) is 12.0. The van der Waals surface area contributed by atoms with Crippen molar-refractivity contribution in [2.45, 2.75) is 37.0 Å². The molecule has 2 aromatic rings. The number of hydrogen-bond donors (Lipinski definition) is 1. The Morgan fingerprint density at radius 1 is 0.903 bits per heavy atom. The van der Waals surface area contributed by atoms with Gasteiger partial charge in [-0.1, -0.05) is 43.2 Å². The number of carbonyl (C=O) groups is 2. The predicted octanol–water partition coefficient (Wildman–Crippen LogP) is 2.77. The molecular formula is C23H28N2O5S. The number of nitrogens with one attached hydrogen (secondary N) is 1. The van der Waals surface area contributed by atoms with Crippen LogP contribution in [0.5, 0.6) is 0 Å². The standard InChI is InChI=1S/C23H28N2O5S/c26-22(24-15-14-19-8-4-3-5-9-19)18-30-23(27)20-10-12-21(13-11-20)31(28,29)25-16-6-1-2-7-17-25/h3-5,8-13H,1-2,6-7,14-18H2,(H,24,26). The van der Waals surface area contributed by atoms with Crippen molar-refractivity contribution in [2.24, 2.45) is 0 Å². The zero-order valence-corrected chi connectivity index (χ0v) is 18.3. The monoisotopic (exact) mass is 444 g/mol. The van der Waals surface area contributed by atoms with Crippen LogP contribution in [-0.4, -0.2) is 50.8 Å². The van der Waals surface area contributed by atoms with Gasteiger partial charge in [-0.05, 0) is 49.1 Å². The molecule has 1 aliphatic heterocycles. The Morgan fingerprint density at radius 3 is 2.19 bits per heavy atom. The molecule has 0 radical (unpaired) electrons. The lowest BCUT2D eigenvalue weighted by Crippen LogP contribution is -2.32. The normalized spacial score (nSPS) is 15.1. The van der Waals surface area contributed by atoms with Crippen molar-refractivity contribution in [1.29, 1.82) is 0 Å². The minimum absolute atomic E-state index is 0.157. The highest BCUT2D eigenvalue weighted by molar-refractivity contribution is 7.89. The fourth-order valence-electron chi connectivity index (χ4n) is 3.45. The summed E-state index contributed by atoms with van der Waals surface area (Å²) in [5.41, 5.74) is 1.31. The van der Waals surface area contributed by atoms with Gasteiger partial charge in [0, 0.05) is 19.6 Å². The van der Waals surface area contributed by atoms with Crippen molar-refractivity contribution in [2.75, 3.05) is 26.2 Å². The molecule has 0 bridgehead atoms. The fraction of sp³-hybridized carbons (Fsp3) is 0.391. The number of carbonyl (C=O) groups excluding carboxylic acids is 2. The minimum Gasteiger partial charge on any atom is -0.452 e. The van der Waals surface area contributed by atoms with E-state index in [0.29, 0.717) is 26.1 Å². The highest BCUT2D eigenvalue weighted by Gasteiger charge is 2.25. The van der Waals surface area contributed by atoms with Crippen LogP contribution in [0.1, 0.15) is 41.6 Å². The van der Waals surface area contributed by atoms with Crippen LogP contribution in [0.4, 0.5) is 0 Å². The molecule has 1 fully saturated rings. The molecule has 0 aliphatic carbocycles. The third-order valence-electron chi connectivity index (χ3n) is 5.21. The van der Waals surface area contributed by atoms with Gasteiger partial charge in [0.05, 0.1) is 10.5 Å². The second kappa shape index (κ2) is 11.1. The molecule has 0 atom stereocenters. The summed E-state index contributed by atoms with van der Waals surface area (Å²) < 4.78 is 32.1. The predicted molar refractivity (Wildman–Crippen MR) is 117 cm³/mol. The second-order valence-electron chi connectivity index (χ2n) is 7.50. The van der Waals surface area contributed by atoms with Gasteiger partial charge in [0.2, 0.25) is 10.0 Å². The first-order chi connectivity index (χ1) is 15.0. The summed E-state index contributed by atoms with van der Waals surface area (Å²) in [6.07, 6.45) is 4.48. The molecule has 0 saturated carbocycles. The van der Waals surface area contributed by atoms with Crippen LogP contribution >= 0.6 is 0 Å². The highest BCUT2D eigenvalue weighted by Crippen LogP contribution is 2.20. The molecule has 1 N–H and O–H groups in total. The Morgan fingerprint density at radius 2 is 1.55 bits per heavy atom. The highest BCUT2D eigenvalue weighted by atomic mass is 32.2. The number of ether oxygens (including phenoxy) is 1. The van der Waals surface area contributed by atoms with Crippen LogP contribution in [0.3, 0.4) is 0 Å². The van der Waals surface area contributed by atoms with E-state index in [-0.39, 0.29) is 23.0 Å². The number of hydrogen-bond acceptors (Lipinski definition) is 5. The summed E-state index contributed by atoms with van der Waals surface area (Å²) in [4.78, 5) is 24.2. The van der Waals surface area contributed by atoms with E-state index >= 15 is 0 Å². The summed E-state index contributed by atoms with van der Waals surface area (Å²) in [6, 6.07) is 15.4. The van der Waals surface area contributed by atoms with Crippen molar-refractivity contribution in [3.8, 4) is 0 Å². The Hall–Kier alpha value is -2.71. The molecule has 0 spiro atoms. The van der Waals surface area contributed by atoms with E-state index in [1.807, 2.05) is 30.3 Å². The summed E-state index contributed by atoms with van der Waals surface area (Å²) in [5.74, 6) is -1.05. The van der Waals surface area contributed by atoms with Crippen molar-refractivity contribution in [3.63, 3.8) is 0 Å². The number of esters is 1. The average molecular weight is 445 g/mol. The van der Waals surface area contributed by atoms with Gasteiger partial charge in [-0.2, -0.15) is 4.31 Å². The average Bonchev–Trinajstić information content (AvgIpc) is 3.08. The van der Waals surface area contributed by atoms with Gasteiger partial charge >= 0.3 is 5.97 Å². The van der Waals surface area contributed by atoms with Gasteiger partial charge in [-0.15, -0.1) is 0 Å². The third-order valence-corrected chi connectivity index (χ3v) is 7.12. The molecule has 1 aliphatic rings. The van der Waals surface area contributed by atoms with Gasteiger partial charge < -0.3 is 10.1 Å². The number of sulfonamides is 1. The SMILES string of the molecule is O=C(COC(=O)c1ccc(S(=O)(=O)N2CCCCCC2)cc1)NCCc1ccccc1. The third kappa shape index (κ3) is 6.63. The molecule has 1 heterocycles. The van der Waals surface area contributed by atoms with Crippen molar-refractivity contribution in [3.05, 3.63) is 65.7 Å². The van der Waals surface area contributed by atoms with Gasteiger partial charge in [-0.3, -0.25) is 4.79 Å². The van der Waals surface area contributed by atoms with E-state index in [9.17, 15) is 18.0 Å². The zero-order chi connectivity index (χ0) is 22.1. The Bertz CT molecular complexity index is 967. The lowest BCUT2D eigenvalue weighted by Gasteiger charge is -2.19. The molecule has 8 heteroatoms. The lowest BCUT2D eigenvalue weighted by atomic mass is 10.1. The maximum Gasteiger partial charge on any atom is 0.338 e. The molecule has 0 unspecified atom stereocenters. The van der Waals surface area contributed by atoms with Crippen LogP contribution in [0.25, 0.3) is 0 Å². The second-order valence-corrected chi connectivity index (χ2v) is 9.44. The first kappa shape index (κ1) is 23.0. The molecule has 2 aromatic carbocycles. The molecule has 166 valence electrons. The van der Waals surface area contributed by atoms with Gasteiger partial charge in [0.1, 0.15) is 0 Å². The van der Waals surface area contributed by atoms with E-state index < -0.39 is 16.0 Å². The van der Waals surface area contributed by atoms with E-state index in [2.05, 4.69) is 5.32 Å². The summed E-state index contributed by atoms with van der Waals surface area (Å²) in [5, 5.41) is 2.71. The minimum atomic E-state index is -3.57. The van der Waals surface area contributed by atoms with Crippen LogP contribution in [0.15, 0.2) is 59.5 Å². The zero-order valence-electron chi connectivity index (χ0n) is 17.5. The summed E-state index contributed by atoms with van der Waals surface area (Å²) in [7, 11) is -3.57. The fourth-order valence-corrected chi connectivity index (χ4v) is 4.97. The van der Waals surface area contributed by atoms with E-state index in [1.54, 1.807) is 0 Å². The van der Waals surface area contributed by atoms with Crippen LogP contribution in [0, 0.1) is 0 Å². The van der Waals surface area contributed by atoms with Crippen LogP contribution < -0.4 is 5.32 Å². The van der Waals surface area contributed by atoms with Gasteiger partial charge in [0.15, 0.2) is 6.61 Å². The number of amides is 1. The van der Waals surface area contributed by atoms with Crippen molar-refractivity contribution >= 4 is 21.9 Å². The summed E-state index contributed by atoms with van der Waals surface area (Å²) in [6.45, 7) is 1.10. The number of benzene rings is 2. The quantitative estimate of drug-likeness (QED) is 0.632. The Kier molecular flexibility index (Phi) is 8.20. The lowest BCUT2D eigenvalue weighted by molar-refractivity contribution is -0.124. The molecule has 7 nitrogen and oxygen atoms in total. The maximum atomic E-state index is 12.8. The van der Waals surface area contributed by atoms with E-state index in [1.165, 1.54) is 28.6 Å². The molecular weight excluding hydrogens is 416 g/mol. The summed E-state index contributed by atoms with van der Waals surface area (Å²) >= 11 is 0. The van der Waals surface area contributed by atoms with Gasteiger partial charge in [-0.25, -0.2) is 13.2 Å². The number of rotatable bonds is 8. The first-order valence-electron chi connectivity index (χ1n) is 10.5. The van der Waals surface area contributed by atoms with Crippen molar-refractivity contribution in [1.82, 2.24) is 9.62 Å². The number of nitrogens with zero attached hydrogens (tertiary/aromatic N) is 1. The Balaban J connectivity index is 1.47.